The van der Waals surface area contributed by atoms with Gasteiger partial charge in [0.2, 0.25) is 0 Å². The molecule has 0 heterocycles. The Morgan fingerprint density at radius 1 is 1.00 bits per heavy atom. The number of benzene rings is 2. The minimum atomic E-state index is 0.0247. The van der Waals surface area contributed by atoms with E-state index in [0.29, 0.717) is 22.8 Å². The fourth-order valence-electron chi connectivity index (χ4n) is 1.73. The number of ether oxygens (including phenoxy) is 2. The van der Waals surface area contributed by atoms with Crippen LogP contribution in [-0.4, -0.2) is 7.11 Å². The second-order valence-electron chi connectivity index (χ2n) is 4.10. The summed E-state index contributed by atoms with van der Waals surface area (Å²) < 4.78 is 10.9. The summed E-state index contributed by atoms with van der Waals surface area (Å²) in [5, 5.41) is 17.7. The molecule has 0 unspecified atom stereocenters. The zero-order chi connectivity index (χ0) is 15.1. The van der Waals surface area contributed by atoms with E-state index < -0.39 is 0 Å². The second-order valence-corrected chi connectivity index (χ2v) is 4.10. The van der Waals surface area contributed by atoms with Gasteiger partial charge in [-0.1, -0.05) is 24.3 Å². The smallest absolute Gasteiger partial charge is 0.134 e. The molecule has 0 radical (unpaired) electrons. The molecule has 0 saturated carbocycles. The van der Waals surface area contributed by atoms with Crippen LogP contribution in [0.15, 0.2) is 54.1 Å². The highest BCUT2D eigenvalue weighted by molar-refractivity contribution is 5.66. The van der Waals surface area contributed by atoms with Crippen LogP contribution in [0, 0.1) is 22.7 Å². The first-order valence-electron chi connectivity index (χ1n) is 6.19. The maximum absolute atomic E-state index is 8.84. The van der Waals surface area contributed by atoms with Crippen molar-refractivity contribution in [2.24, 2.45) is 0 Å². The fraction of sp³-hybridized carbons (Fsp3) is 0.0588. The van der Waals surface area contributed by atoms with Crippen LogP contribution >= 0.6 is 0 Å². The van der Waals surface area contributed by atoms with Crippen molar-refractivity contribution in [3.05, 3.63) is 59.7 Å². The molecule has 0 aliphatic heterocycles. The van der Waals surface area contributed by atoms with Crippen LogP contribution in [0.1, 0.15) is 5.56 Å². The molecule has 0 aromatic heterocycles. The molecule has 0 bridgehead atoms. The van der Waals surface area contributed by atoms with Crippen molar-refractivity contribution in [2.75, 3.05) is 7.11 Å². The Morgan fingerprint density at radius 2 is 1.71 bits per heavy atom. The average molecular weight is 276 g/mol. The van der Waals surface area contributed by atoms with E-state index in [1.165, 1.54) is 6.08 Å². The standard InChI is InChI=1S/C17H12N2O2/c1-20-15-6-4-7-16(10-15)21-17-8-3-2-5-14(17)9-13(11-18)12-19/h2-10H,1H3. The van der Waals surface area contributed by atoms with E-state index in [9.17, 15) is 0 Å². The Hall–Kier alpha value is -3.24. The predicted octanol–water partition coefficient (Wildman–Crippen LogP) is 3.92. The minimum Gasteiger partial charge on any atom is -0.497 e. The van der Waals surface area contributed by atoms with Crippen LogP contribution in [0.4, 0.5) is 0 Å². The molecule has 21 heavy (non-hydrogen) atoms. The van der Waals surface area contributed by atoms with E-state index in [2.05, 4.69) is 0 Å². The molecule has 0 aliphatic carbocycles. The Balaban J connectivity index is 2.35. The van der Waals surface area contributed by atoms with Gasteiger partial charge in [0.15, 0.2) is 0 Å². The topological polar surface area (TPSA) is 66.0 Å². The first-order valence-corrected chi connectivity index (χ1v) is 6.19. The molecule has 0 amide bonds. The molecular formula is C17H12N2O2. The second kappa shape index (κ2) is 6.79. The Morgan fingerprint density at radius 3 is 2.43 bits per heavy atom. The van der Waals surface area contributed by atoms with Crippen LogP contribution in [0.5, 0.6) is 17.2 Å². The first-order chi connectivity index (χ1) is 10.3. The molecule has 0 N–H and O–H groups in total. The summed E-state index contributed by atoms with van der Waals surface area (Å²) in [5.74, 6) is 1.87. The largest absolute Gasteiger partial charge is 0.497 e. The summed E-state index contributed by atoms with van der Waals surface area (Å²) >= 11 is 0. The highest BCUT2D eigenvalue weighted by Gasteiger charge is 2.05. The highest BCUT2D eigenvalue weighted by atomic mass is 16.5. The number of nitriles is 2. The van der Waals surface area contributed by atoms with Crippen molar-refractivity contribution in [1.29, 1.82) is 10.5 Å². The zero-order valence-electron chi connectivity index (χ0n) is 11.4. The van der Waals surface area contributed by atoms with Crippen LogP contribution in [0.3, 0.4) is 0 Å². The summed E-state index contributed by atoms with van der Waals surface area (Å²) in [4.78, 5) is 0. The third kappa shape index (κ3) is 3.62. The van der Waals surface area contributed by atoms with Gasteiger partial charge in [0.1, 0.15) is 35.0 Å². The number of rotatable bonds is 4. The number of hydrogen-bond donors (Lipinski definition) is 0. The molecule has 2 aromatic carbocycles. The van der Waals surface area contributed by atoms with E-state index in [0.717, 1.165) is 0 Å². The van der Waals surface area contributed by atoms with Gasteiger partial charge in [-0.25, -0.2) is 0 Å². The lowest BCUT2D eigenvalue weighted by atomic mass is 10.1. The molecular weight excluding hydrogens is 264 g/mol. The molecule has 2 aromatic rings. The summed E-state index contributed by atoms with van der Waals surface area (Å²) in [6.45, 7) is 0. The average Bonchev–Trinajstić information content (AvgIpc) is 2.54. The molecule has 0 fully saturated rings. The van der Waals surface area contributed by atoms with E-state index in [1.807, 2.05) is 36.4 Å². The fourth-order valence-corrected chi connectivity index (χ4v) is 1.73. The van der Waals surface area contributed by atoms with Gasteiger partial charge in [0, 0.05) is 11.6 Å². The van der Waals surface area contributed by atoms with Gasteiger partial charge in [-0.3, -0.25) is 0 Å². The molecule has 0 aliphatic rings. The molecule has 0 spiro atoms. The molecule has 102 valence electrons. The van der Waals surface area contributed by atoms with Crippen molar-refractivity contribution in [1.82, 2.24) is 0 Å². The van der Waals surface area contributed by atoms with Gasteiger partial charge in [0.25, 0.3) is 0 Å². The van der Waals surface area contributed by atoms with E-state index >= 15 is 0 Å². The first kappa shape index (κ1) is 14.2. The maximum Gasteiger partial charge on any atom is 0.134 e. The van der Waals surface area contributed by atoms with Gasteiger partial charge in [-0.05, 0) is 24.3 Å². The molecule has 2 rings (SSSR count). The molecule has 4 heteroatoms. The summed E-state index contributed by atoms with van der Waals surface area (Å²) in [6.07, 6.45) is 1.50. The normalized spacial score (nSPS) is 9.10. The van der Waals surface area contributed by atoms with Gasteiger partial charge >= 0.3 is 0 Å². The van der Waals surface area contributed by atoms with E-state index in [4.69, 9.17) is 20.0 Å². The monoisotopic (exact) mass is 276 g/mol. The number of hydrogen-bond acceptors (Lipinski definition) is 4. The summed E-state index contributed by atoms with van der Waals surface area (Å²) in [5.41, 5.74) is 0.690. The zero-order valence-corrected chi connectivity index (χ0v) is 11.4. The van der Waals surface area contributed by atoms with Gasteiger partial charge in [-0.2, -0.15) is 10.5 Å². The van der Waals surface area contributed by atoms with Crippen molar-refractivity contribution >= 4 is 6.08 Å². The lowest BCUT2D eigenvalue weighted by Gasteiger charge is -2.09. The maximum atomic E-state index is 8.84. The SMILES string of the molecule is COc1cccc(Oc2ccccc2C=C(C#N)C#N)c1. The van der Waals surface area contributed by atoms with Crippen LogP contribution < -0.4 is 9.47 Å². The minimum absolute atomic E-state index is 0.0247. The van der Waals surface area contributed by atoms with Crippen molar-refractivity contribution in [3.8, 4) is 29.4 Å². The number of methoxy groups -OCH3 is 1. The quantitative estimate of drug-likeness (QED) is 0.794. The van der Waals surface area contributed by atoms with Gasteiger partial charge in [0.05, 0.1) is 7.11 Å². The van der Waals surface area contributed by atoms with E-state index in [-0.39, 0.29) is 5.57 Å². The van der Waals surface area contributed by atoms with E-state index in [1.54, 1.807) is 31.4 Å². The highest BCUT2D eigenvalue weighted by Crippen LogP contribution is 2.28. The Kier molecular flexibility index (Phi) is 4.58. The third-order valence-electron chi connectivity index (χ3n) is 2.73. The Labute approximate surface area is 123 Å². The predicted molar refractivity (Wildman–Crippen MR) is 78.7 cm³/mol. The van der Waals surface area contributed by atoms with Crippen LogP contribution in [0.25, 0.3) is 6.08 Å². The number of nitrogens with zero attached hydrogens (tertiary/aromatic N) is 2. The van der Waals surface area contributed by atoms with Crippen LogP contribution in [-0.2, 0) is 0 Å². The summed E-state index contributed by atoms with van der Waals surface area (Å²) in [6, 6.07) is 18.1. The lowest BCUT2D eigenvalue weighted by molar-refractivity contribution is 0.409. The molecule has 4 nitrogen and oxygen atoms in total. The Bertz CT molecular complexity index is 736. The molecule has 0 atom stereocenters. The lowest BCUT2D eigenvalue weighted by Crippen LogP contribution is -1.89. The van der Waals surface area contributed by atoms with Gasteiger partial charge < -0.3 is 9.47 Å². The summed E-state index contributed by atoms with van der Waals surface area (Å²) in [7, 11) is 1.59. The number of para-hydroxylation sites is 1. The van der Waals surface area contributed by atoms with Crippen molar-refractivity contribution in [3.63, 3.8) is 0 Å². The van der Waals surface area contributed by atoms with Crippen LogP contribution in [0.2, 0.25) is 0 Å². The van der Waals surface area contributed by atoms with Gasteiger partial charge in [-0.15, -0.1) is 0 Å². The third-order valence-corrected chi connectivity index (χ3v) is 2.73. The van der Waals surface area contributed by atoms with Crippen molar-refractivity contribution in [2.45, 2.75) is 0 Å². The number of allylic oxidation sites excluding steroid dienone is 1. The molecule has 0 saturated heterocycles. The van der Waals surface area contributed by atoms with Crippen molar-refractivity contribution < 1.29 is 9.47 Å².